The van der Waals surface area contributed by atoms with E-state index in [1.54, 1.807) is 4.90 Å². The predicted molar refractivity (Wildman–Crippen MR) is 94.6 cm³/mol. The first kappa shape index (κ1) is 20.0. The van der Waals surface area contributed by atoms with Crippen molar-refractivity contribution in [2.45, 2.75) is 51.6 Å². The third-order valence-electron chi connectivity index (χ3n) is 4.24. The number of nitriles is 1. The first-order valence-electron chi connectivity index (χ1n) is 8.78. The Morgan fingerprint density at radius 1 is 1.35 bits per heavy atom. The van der Waals surface area contributed by atoms with E-state index in [-0.39, 0.29) is 17.3 Å². The van der Waals surface area contributed by atoms with Crippen molar-refractivity contribution in [1.29, 1.82) is 5.26 Å². The van der Waals surface area contributed by atoms with Crippen molar-refractivity contribution in [2.75, 3.05) is 26.3 Å². The van der Waals surface area contributed by atoms with E-state index in [0.717, 1.165) is 0 Å². The molecule has 144 valence electrons. The van der Waals surface area contributed by atoms with Crippen LogP contribution in [0.25, 0.3) is 0 Å². The normalized spacial score (nSPS) is 20.7. The lowest BCUT2D eigenvalue weighted by molar-refractivity contribution is -0.123. The molecule has 0 spiro atoms. The number of carbonyl (C=O) groups is 2. The van der Waals surface area contributed by atoms with E-state index in [1.807, 2.05) is 20.8 Å². The van der Waals surface area contributed by atoms with Crippen LogP contribution in [0.15, 0.2) is 4.99 Å². The van der Waals surface area contributed by atoms with Crippen molar-refractivity contribution in [3.63, 3.8) is 0 Å². The molecule has 1 saturated carbocycles. The van der Waals surface area contributed by atoms with Crippen molar-refractivity contribution in [3.05, 3.63) is 0 Å². The minimum Gasteiger partial charge on any atom is -0.465 e. The highest BCUT2D eigenvalue weighted by Crippen LogP contribution is 2.35. The highest BCUT2D eigenvalue weighted by atomic mass is 16.5. The van der Waals surface area contributed by atoms with Gasteiger partial charge in [-0.15, -0.1) is 0 Å². The topological polar surface area (TPSA) is 127 Å². The van der Waals surface area contributed by atoms with Crippen molar-refractivity contribution < 1.29 is 19.4 Å². The second kappa shape index (κ2) is 7.91. The summed E-state index contributed by atoms with van der Waals surface area (Å²) in [5.41, 5.74) is -0.990. The molecule has 0 bridgehead atoms. The van der Waals surface area contributed by atoms with Gasteiger partial charge in [0.2, 0.25) is 11.9 Å². The number of guanidine groups is 1. The molecular weight excluding hydrogens is 338 g/mol. The van der Waals surface area contributed by atoms with Crippen LogP contribution in [0.3, 0.4) is 0 Å². The van der Waals surface area contributed by atoms with Crippen LogP contribution in [0.1, 0.15) is 40.0 Å². The van der Waals surface area contributed by atoms with Crippen LogP contribution < -0.4 is 10.6 Å². The quantitative estimate of drug-likeness (QED) is 0.502. The van der Waals surface area contributed by atoms with Crippen molar-refractivity contribution in [1.82, 2.24) is 15.5 Å². The van der Waals surface area contributed by atoms with Crippen molar-refractivity contribution >= 4 is 18.0 Å². The smallest absolute Gasteiger partial charge is 0.411 e. The summed E-state index contributed by atoms with van der Waals surface area (Å²) in [6.07, 6.45) is 0.450. The molecule has 0 aromatic carbocycles. The molecule has 1 heterocycles. The third kappa shape index (κ3) is 5.88. The van der Waals surface area contributed by atoms with Crippen LogP contribution in [0.2, 0.25) is 0 Å². The molecule has 1 aliphatic heterocycles. The fourth-order valence-electron chi connectivity index (χ4n) is 2.70. The van der Waals surface area contributed by atoms with Gasteiger partial charge in [-0.05, 0) is 24.7 Å². The summed E-state index contributed by atoms with van der Waals surface area (Å²) >= 11 is 0. The second-order valence-corrected chi connectivity index (χ2v) is 7.95. The van der Waals surface area contributed by atoms with Gasteiger partial charge < -0.3 is 20.1 Å². The van der Waals surface area contributed by atoms with E-state index in [0.29, 0.717) is 45.6 Å². The summed E-state index contributed by atoms with van der Waals surface area (Å²) < 4.78 is 5.29. The van der Waals surface area contributed by atoms with E-state index in [9.17, 15) is 14.9 Å². The van der Waals surface area contributed by atoms with Gasteiger partial charge in [0.15, 0.2) is 0 Å². The van der Waals surface area contributed by atoms with Gasteiger partial charge in [0.25, 0.3) is 0 Å². The van der Waals surface area contributed by atoms with E-state index in [4.69, 9.17) is 9.84 Å². The number of nitrogens with one attached hydrogen (secondary N) is 2. The van der Waals surface area contributed by atoms with E-state index in [1.165, 1.54) is 0 Å². The zero-order valence-electron chi connectivity index (χ0n) is 15.5. The maximum absolute atomic E-state index is 12.8. The van der Waals surface area contributed by atoms with Crippen LogP contribution in [-0.4, -0.2) is 65.9 Å². The number of nitrogens with zero attached hydrogens (tertiary/aromatic N) is 3. The van der Waals surface area contributed by atoms with Gasteiger partial charge in [-0.2, -0.15) is 5.26 Å². The van der Waals surface area contributed by atoms with Crippen molar-refractivity contribution in [3.8, 4) is 6.07 Å². The van der Waals surface area contributed by atoms with E-state index < -0.39 is 17.7 Å². The van der Waals surface area contributed by atoms with Crippen LogP contribution in [0, 0.1) is 16.7 Å². The monoisotopic (exact) mass is 365 g/mol. The second-order valence-electron chi connectivity index (χ2n) is 7.95. The van der Waals surface area contributed by atoms with Gasteiger partial charge >= 0.3 is 6.09 Å². The summed E-state index contributed by atoms with van der Waals surface area (Å²) in [6.45, 7) is 7.87. The van der Waals surface area contributed by atoms with Gasteiger partial charge in [0, 0.05) is 13.1 Å². The summed E-state index contributed by atoms with van der Waals surface area (Å²) in [4.78, 5) is 30.1. The lowest BCUT2D eigenvalue weighted by Crippen LogP contribution is -2.50. The Morgan fingerprint density at radius 2 is 1.96 bits per heavy atom. The molecule has 9 heteroatoms. The number of aliphatic imine (C=N–C) groups is 1. The summed E-state index contributed by atoms with van der Waals surface area (Å²) in [5.74, 6) is -0.205. The standard InChI is InChI=1S/C17H27N5O4/c1-16(2,3)10-12(13(23)21-17(11-18)4-5-17)19-14(20-15(24)25)22-6-8-26-9-7-22/h12H,4-10H2,1-3H3,(H,19,20)(H,21,23)(H,24,25). The number of amides is 2. The number of hydrogen-bond acceptors (Lipinski definition) is 5. The number of hydrogen-bond donors (Lipinski definition) is 3. The van der Waals surface area contributed by atoms with Crippen LogP contribution in [0.4, 0.5) is 4.79 Å². The van der Waals surface area contributed by atoms with Crippen molar-refractivity contribution in [2.24, 2.45) is 10.4 Å². The third-order valence-corrected chi connectivity index (χ3v) is 4.24. The average molecular weight is 365 g/mol. The summed E-state index contributed by atoms with van der Waals surface area (Å²) in [7, 11) is 0. The Hall–Kier alpha value is -2.34. The Bertz CT molecular complexity index is 610. The van der Waals surface area contributed by atoms with Gasteiger partial charge in [0.05, 0.1) is 19.3 Å². The number of ether oxygens (including phenoxy) is 1. The summed E-state index contributed by atoms with van der Waals surface area (Å²) in [6, 6.07) is 1.35. The van der Waals surface area contributed by atoms with Gasteiger partial charge in [-0.25, -0.2) is 9.79 Å². The molecule has 2 rings (SSSR count). The molecule has 2 aliphatic rings. The number of carboxylic acid groups (broad SMARTS) is 1. The Morgan fingerprint density at radius 3 is 2.42 bits per heavy atom. The lowest BCUT2D eigenvalue weighted by Gasteiger charge is -2.31. The molecule has 2 amide bonds. The summed E-state index contributed by atoms with van der Waals surface area (Å²) in [5, 5.41) is 23.4. The Kier molecular flexibility index (Phi) is 6.08. The highest BCUT2D eigenvalue weighted by molar-refractivity contribution is 5.95. The van der Waals surface area contributed by atoms with Gasteiger partial charge in [0.1, 0.15) is 11.6 Å². The molecule has 3 N–H and O–H groups in total. The van der Waals surface area contributed by atoms with Crippen LogP contribution >= 0.6 is 0 Å². The maximum Gasteiger partial charge on any atom is 0.411 e. The fourth-order valence-corrected chi connectivity index (χ4v) is 2.70. The molecule has 1 unspecified atom stereocenters. The van der Waals surface area contributed by atoms with Crippen LogP contribution in [-0.2, 0) is 9.53 Å². The molecule has 1 aliphatic carbocycles. The van der Waals surface area contributed by atoms with Gasteiger partial charge in [-0.1, -0.05) is 20.8 Å². The SMILES string of the molecule is CC(C)(C)CC(N=C(NC(=O)O)N1CCOCC1)C(=O)NC1(C#N)CC1. The maximum atomic E-state index is 12.8. The fraction of sp³-hybridized carbons (Fsp3) is 0.765. The predicted octanol–water partition coefficient (Wildman–Crippen LogP) is 0.919. The largest absolute Gasteiger partial charge is 0.465 e. The highest BCUT2D eigenvalue weighted by Gasteiger charge is 2.46. The zero-order chi connectivity index (χ0) is 19.4. The minimum absolute atomic E-state index is 0.145. The average Bonchev–Trinajstić information content (AvgIpc) is 3.33. The number of rotatable bonds is 4. The van der Waals surface area contributed by atoms with E-state index in [2.05, 4.69) is 21.7 Å². The molecule has 26 heavy (non-hydrogen) atoms. The Balaban J connectivity index is 2.24. The number of morpholine rings is 1. The van der Waals surface area contributed by atoms with E-state index >= 15 is 0 Å². The molecule has 2 fully saturated rings. The van der Waals surface area contributed by atoms with Gasteiger partial charge in [-0.3, -0.25) is 10.1 Å². The first-order valence-corrected chi connectivity index (χ1v) is 8.78. The molecule has 1 saturated heterocycles. The molecule has 1 atom stereocenters. The minimum atomic E-state index is -1.24. The lowest BCUT2D eigenvalue weighted by atomic mass is 9.88. The van der Waals surface area contributed by atoms with Crippen LogP contribution in [0.5, 0.6) is 0 Å². The molecule has 0 radical (unpaired) electrons. The molecule has 9 nitrogen and oxygen atoms in total. The first-order chi connectivity index (χ1) is 12.1. The molecular formula is C17H27N5O4. The molecule has 0 aromatic rings. The zero-order valence-corrected chi connectivity index (χ0v) is 15.5. The molecule has 0 aromatic heterocycles. The Labute approximate surface area is 153 Å². The number of carbonyl (C=O) groups excluding carboxylic acids is 1.